The van der Waals surface area contributed by atoms with Crippen LogP contribution in [0.5, 0.6) is 0 Å². The fraction of sp³-hybridized carbons (Fsp3) is 0.500. The Kier molecular flexibility index (Phi) is 4.11. The summed E-state index contributed by atoms with van der Waals surface area (Å²) in [7, 11) is 0. The minimum atomic E-state index is 0.815. The van der Waals surface area contributed by atoms with Crippen molar-refractivity contribution in [2.45, 2.75) is 32.7 Å². The summed E-state index contributed by atoms with van der Waals surface area (Å²) >= 11 is 0. The highest BCUT2D eigenvalue weighted by atomic mass is 14.9. The zero-order chi connectivity index (χ0) is 11.2. The number of pyridine rings is 1. The number of aromatic nitrogens is 1. The first kappa shape index (κ1) is 11.3. The molecule has 1 aromatic rings. The molecule has 2 heteroatoms. The number of hydrogen-bond acceptors (Lipinski definition) is 2. The van der Waals surface area contributed by atoms with Gasteiger partial charge in [-0.3, -0.25) is 4.98 Å². The van der Waals surface area contributed by atoms with Crippen molar-refractivity contribution in [3.05, 3.63) is 41.7 Å². The van der Waals surface area contributed by atoms with E-state index < -0.39 is 0 Å². The molecule has 0 radical (unpaired) electrons. The molecule has 0 aliphatic heterocycles. The predicted molar refractivity (Wildman–Crippen MR) is 67.2 cm³/mol. The van der Waals surface area contributed by atoms with Crippen LogP contribution in [0, 0.1) is 12.8 Å². The highest BCUT2D eigenvalue weighted by Crippen LogP contribution is 2.16. The smallest absolute Gasteiger partial charge is 0.0541 e. The Hall–Kier alpha value is -1.15. The summed E-state index contributed by atoms with van der Waals surface area (Å²) < 4.78 is 0. The number of rotatable bonds is 4. The maximum Gasteiger partial charge on any atom is 0.0541 e. The van der Waals surface area contributed by atoms with Gasteiger partial charge < -0.3 is 5.32 Å². The Morgan fingerprint density at radius 1 is 1.38 bits per heavy atom. The monoisotopic (exact) mass is 216 g/mol. The molecular weight excluding hydrogens is 196 g/mol. The first-order valence-corrected chi connectivity index (χ1v) is 6.12. The van der Waals surface area contributed by atoms with E-state index in [0.29, 0.717) is 0 Å². The first-order valence-electron chi connectivity index (χ1n) is 6.12. The number of nitrogens with one attached hydrogen (secondary N) is 1. The van der Waals surface area contributed by atoms with Crippen molar-refractivity contribution >= 4 is 0 Å². The Balaban J connectivity index is 1.71. The standard InChI is InChI=1S/C14H20N2/c1-12-7-8-14(16-9-12)11-15-10-13-5-3-2-4-6-13/h2-3,7-9,13,15H,4-6,10-11H2,1H3. The summed E-state index contributed by atoms with van der Waals surface area (Å²) in [6.45, 7) is 4.07. The van der Waals surface area contributed by atoms with E-state index in [4.69, 9.17) is 0 Å². The zero-order valence-corrected chi connectivity index (χ0v) is 9.95. The fourth-order valence-corrected chi connectivity index (χ4v) is 2.05. The molecule has 1 atom stereocenters. The van der Waals surface area contributed by atoms with E-state index in [9.17, 15) is 0 Å². The van der Waals surface area contributed by atoms with Gasteiger partial charge in [0.1, 0.15) is 0 Å². The van der Waals surface area contributed by atoms with Crippen LogP contribution in [0.3, 0.4) is 0 Å². The van der Waals surface area contributed by atoms with E-state index in [1.807, 2.05) is 6.20 Å². The Morgan fingerprint density at radius 2 is 2.31 bits per heavy atom. The molecular formula is C14H20N2. The van der Waals surface area contributed by atoms with Crippen molar-refractivity contribution in [1.29, 1.82) is 0 Å². The van der Waals surface area contributed by atoms with E-state index in [2.05, 4.69) is 41.5 Å². The lowest BCUT2D eigenvalue weighted by Crippen LogP contribution is -2.23. The number of nitrogens with zero attached hydrogens (tertiary/aromatic N) is 1. The number of aryl methyl sites for hydroxylation is 1. The molecule has 1 N–H and O–H groups in total. The van der Waals surface area contributed by atoms with Gasteiger partial charge >= 0.3 is 0 Å². The molecule has 86 valence electrons. The van der Waals surface area contributed by atoms with Gasteiger partial charge in [0, 0.05) is 12.7 Å². The van der Waals surface area contributed by atoms with Crippen LogP contribution in [0.2, 0.25) is 0 Å². The highest BCUT2D eigenvalue weighted by molar-refractivity contribution is 5.11. The second-order valence-electron chi connectivity index (χ2n) is 4.61. The molecule has 0 saturated carbocycles. The van der Waals surface area contributed by atoms with Crippen molar-refractivity contribution in [3.8, 4) is 0 Å². The average molecular weight is 216 g/mol. The molecule has 1 unspecified atom stereocenters. The van der Waals surface area contributed by atoms with Gasteiger partial charge in [0.25, 0.3) is 0 Å². The van der Waals surface area contributed by atoms with Crippen LogP contribution >= 0.6 is 0 Å². The lowest BCUT2D eigenvalue weighted by Gasteiger charge is -2.17. The van der Waals surface area contributed by atoms with Crippen LogP contribution in [0.25, 0.3) is 0 Å². The second-order valence-corrected chi connectivity index (χ2v) is 4.61. The molecule has 0 amide bonds. The summed E-state index contributed by atoms with van der Waals surface area (Å²) in [5, 5.41) is 3.49. The third-order valence-corrected chi connectivity index (χ3v) is 3.09. The molecule has 1 aliphatic rings. The molecule has 0 spiro atoms. The molecule has 0 aromatic carbocycles. The zero-order valence-electron chi connectivity index (χ0n) is 9.95. The maximum atomic E-state index is 4.38. The summed E-state index contributed by atoms with van der Waals surface area (Å²) in [6, 6.07) is 4.22. The van der Waals surface area contributed by atoms with Crippen LogP contribution in [-0.2, 0) is 6.54 Å². The van der Waals surface area contributed by atoms with Crippen LogP contribution in [-0.4, -0.2) is 11.5 Å². The van der Waals surface area contributed by atoms with E-state index in [1.165, 1.54) is 24.8 Å². The minimum Gasteiger partial charge on any atom is -0.311 e. The summed E-state index contributed by atoms with van der Waals surface area (Å²) in [5.41, 5.74) is 2.36. The van der Waals surface area contributed by atoms with Crippen LogP contribution < -0.4 is 5.32 Å². The summed E-state index contributed by atoms with van der Waals surface area (Å²) in [6.07, 6.45) is 10.3. The van der Waals surface area contributed by atoms with Crippen LogP contribution in [0.1, 0.15) is 30.5 Å². The number of allylic oxidation sites excluding steroid dienone is 2. The normalized spacial score (nSPS) is 19.9. The fourth-order valence-electron chi connectivity index (χ4n) is 2.05. The molecule has 0 bridgehead atoms. The lowest BCUT2D eigenvalue weighted by atomic mass is 9.94. The topological polar surface area (TPSA) is 24.9 Å². The molecule has 1 aliphatic carbocycles. The van der Waals surface area contributed by atoms with Gasteiger partial charge in [0.2, 0.25) is 0 Å². The molecule has 1 heterocycles. The molecule has 2 rings (SSSR count). The molecule has 16 heavy (non-hydrogen) atoms. The van der Waals surface area contributed by atoms with Crippen molar-refractivity contribution < 1.29 is 0 Å². The van der Waals surface area contributed by atoms with Crippen molar-refractivity contribution in [3.63, 3.8) is 0 Å². The van der Waals surface area contributed by atoms with E-state index >= 15 is 0 Å². The van der Waals surface area contributed by atoms with Gasteiger partial charge in [-0.05, 0) is 50.3 Å². The number of hydrogen-bond donors (Lipinski definition) is 1. The largest absolute Gasteiger partial charge is 0.311 e. The third kappa shape index (κ3) is 3.46. The minimum absolute atomic E-state index is 0.815. The molecule has 0 fully saturated rings. The second kappa shape index (κ2) is 5.80. The SMILES string of the molecule is Cc1ccc(CNCC2CC=CCC2)nc1. The Bertz CT molecular complexity index is 340. The van der Waals surface area contributed by atoms with Gasteiger partial charge in [0.15, 0.2) is 0 Å². The van der Waals surface area contributed by atoms with Gasteiger partial charge in [0.05, 0.1) is 5.69 Å². The Labute approximate surface area is 97.8 Å². The average Bonchev–Trinajstić information content (AvgIpc) is 2.33. The highest BCUT2D eigenvalue weighted by Gasteiger charge is 2.08. The molecule has 2 nitrogen and oxygen atoms in total. The summed E-state index contributed by atoms with van der Waals surface area (Å²) in [4.78, 5) is 4.38. The summed E-state index contributed by atoms with van der Waals surface area (Å²) in [5.74, 6) is 0.815. The van der Waals surface area contributed by atoms with Gasteiger partial charge in [-0.15, -0.1) is 0 Å². The van der Waals surface area contributed by atoms with E-state index in [0.717, 1.165) is 24.7 Å². The van der Waals surface area contributed by atoms with E-state index in [1.54, 1.807) is 0 Å². The van der Waals surface area contributed by atoms with Crippen molar-refractivity contribution in [2.24, 2.45) is 5.92 Å². The first-order chi connectivity index (χ1) is 7.84. The maximum absolute atomic E-state index is 4.38. The Morgan fingerprint density at radius 3 is 3.00 bits per heavy atom. The molecule has 0 saturated heterocycles. The lowest BCUT2D eigenvalue weighted by molar-refractivity contribution is 0.439. The van der Waals surface area contributed by atoms with Crippen molar-refractivity contribution in [1.82, 2.24) is 10.3 Å². The quantitative estimate of drug-likeness (QED) is 0.783. The van der Waals surface area contributed by atoms with E-state index in [-0.39, 0.29) is 0 Å². The van der Waals surface area contributed by atoms with Crippen molar-refractivity contribution in [2.75, 3.05) is 6.54 Å². The third-order valence-electron chi connectivity index (χ3n) is 3.09. The van der Waals surface area contributed by atoms with Gasteiger partial charge in [-0.25, -0.2) is 0 Å². The predicted octanol–water partition coefficient (Wildman–Crippen LogP) is 2.84. The van der Waals surface area contributed by atoms with Crippen LogP contribution in [0.4, 0.5) is 0 Å². The molecule has 1 aromatic heterocycles. The van der Waals surface area contributed by atoms with Gasteiger partial charge in [-0.2, -0.15) is 0 Å². The van der Waals surface area contributed by atoms with Gasteiger partial charge in [-0.1, -0.05) is 18.2 Å². The van der Waals surface area contributed by atoms with Crippen LogP contribution in [0.15, 0.2) is 30.5 Å².